The zero-order valence-corrected chi connectivity index (χ0v) is 20.6. The van der Waals surface area contributed by atoms with Crippen LogP contribution < -0.4 is 5.73 Å². The molecule has 4 nitrogen and oxygen atoms in total. The minimum atomic E-state index is -0.181. The van der Waals surface area contributed by atoms with Crippen molar-refractivity contribution in [3.05, 3.63) is 131 Å². The molecule has 1 aliphatic rings. The van der Waals surface area contributed by atoms with Gasteiger partial charge >= 0.3 is 0 Å². The Morgan fingerprint density at radius 3 is 1.92 bits per heavy atom. The highest BCUT2D eigenvalue weighted by Crippen LogP contribution is 2.45. The number of hydrogen-bond acceptors (Lipinski definition) is 3. The summed E-state index contributed by atoms with van der Waals surface area (Å²) >= 11 is 0. The molecule has 1 aromatic heterocycles. The zero-order valence-electron chi connectivity index (χ0n) is 20.6. The molecular formula is C33H26N2O2. The maximum atomic E-state index is 14.1. The van der Waals surface area contributed by atoms with Gasteiger partial charge in [-0.2, -0.15) is 0 Å². The molecule has 0 saturated heterocycles. The van der Waals surface area contributed by atoms with Gasteiger partial charge < -0.3 is 10.3 Å². The first-order valence-corrected chi connectivity index (χ1v) is 12.6. The minimum Gasteiger partial charge on any atom is -0.397 e. The smallest absolute Gasteiger partial charge is 0.211 e. The maximum Gasteiger partial charge on any atom is 0.211 e. The molecule has 0 bridgehead atoms. The molecule has 6 rings (SSSR count). The molecule has 4 aromatic carbocycles. The van der Waals surface area contributed by atoms with E-state index in [0.29, 0.717) is 33.8 Å². The summed E-state index contributed by atoms with van der Waals surface area (Å²) in [4.78, 5) is 28.2. The van der Waals surface area contributed by atoms with E-state index in [1.54, 1.807) is 24.3 Å². The predicted octanol–water partition coefficient (Wildman–Crippen LogP) is 7.12. The van der Waals surface area contributed by atoms with E-state index in [4.69, 9.17) is 5.73 Å². The third-order valence-electron chi connectivity index (χ3n) is 7.04. The van der Waals surface area contributed by atoms with Crippen LogP contribution in [0.3, 0.4) is 0 Å². The molecule has 0 atom stereocenters. The van der Waals surface area contributed by atoms with Crippen LogP contribution in [-0.2, 0) is 6.42 Å². The van der Waals surface area contributed by atoms with Crippen molar-refractivity contribution < 1.29 is 9.59 Å². The molecule has 2 N–H and O–H groups in total. The van der Waals surface area contributed by atoms with Crippen LogP contribution in [0, 0.1) is 0 Å². The van der Waals surface area contributed by atoms with Crippen LogP contribution in [0.5, 0.6) is 0 Å². The van der Waals surface area contributed by atoms with Gasteiger partial charge in [-0.05, 0) is 35.2 Å². The molecular weight excluding hydrogens is 456 g/mol. The average Bonchev–Trinajstić information content (AvgIpc) is 3.29. The van der Waals surface area contributed by atoms with Crippen LogP contribution in [0.4, 0.5) is 5.69 Å². The normalized spacial score (nSPS) is 12.4. The maximum absolute atomic E-state index is 14.1. The van der Waals surface area contributed by atoms with Crippen LogP contribution in [0.15, 0.2) is 103 Å². The highest BCUT2D eigenvalue weighted by atomic mass is 16.1. The molecule has 0 saturated carbocycles. The number of hydrogen-bond donors (Lipinski definition) is 1. The third-order valence-corrected chi connectivity index (χ3v) is 7.04. The van der Waals surface area contributed by atoms with Gasteiger partial charge in [-0.1, -0.05) is 104 Å². The summed E-state index contributed by atoms with van der Waals surface area (Å²) in [6, 6.07) is 32.8. The second kappa shape index (κ2) is 9.07. The number of nitrogen functional groups attached to an aromatic ring is 1. The van der Waals surface area contributed by atoms with Gasteiger partial charge in [-0.25, -0.2) is 0 Å². The van der Waals surface area contributed by atoms with Crippen molar-refractivity contribution in [2.45, 2.75) is 19.8 Å². The summed E-state index contributed by atoms with van der Waals surface area (Å²) in [7, 11) is 0. The highest BCUT2D eigenvalue weighted by molar-refractivity contribution is 6.31. The fraction of sp³-hybridized carbons (Fsp3) is 0.0909. The predicted molar refractivity (Wildman–Crippen MR) is 148 cm³/mol. The molecule has 1 heterocycles. The van der Waals surface area contributed by atoms with Crippen LogP contribution in [-0.4, -0.2) is 16.1 Å². The second-order valence-electron chi connectivity index (χ2n) is 9.36. The quantitative estimate of drug-likeness (QED) is 0.266. The molecule has 5 aromatic rings. The molecule has 0 fully saturated rings. The van der Waals surface area contributed by atoms with Crippen LogP contribution >= 0.6 is 0 Å². The van der Waals surface area contributed by atoms with E-state index in [1.807, 2.05) is 59.2 Å². The van der Waals surface area contributed by atoms with Crippen LogP contribution in [0.2, 0.25) is 0 Å². The molecule has 4 heteroatoms. The Morgan fingerprint density at radius 1 is 0.622 bits per heavy atom. The first kappa shape index (κ1) is 22.7. The number of aromatic nitrogens is 1. The van der Waals surface area contributed by atoms with Gasteiger partial charge in [0.05, 0.1) is 22.6 Å². The van der Waals surface area contributed by atoms with E-state index in [9.17, 15) is 9.59 Å². The molecule has 180 valence electrons. The average molecular weight is 483 g/mol. The van der Waals surface area contributed by atoms with Crippen molar-refractivity contribution in [3.63, 3.8) is 0 Å². The standard InChI is InChI=1S/C33H26N2O2/c1-2-10-21-17-19-23(20-18-21)30-28(22-11-4-3-5-12-22)29-31(35(30)27-16-9-8-15-26(27)34)33(37)25-14-7-6-13-24(25)32(29)36/h3-9,11-20H,2,10,34H2,1H3. The number of fused-ring (bicyclic) bond motifs is 2. The van der Waals surface area contributed by atoms with Gasteiger partial charge in [0.15, 0.2) is 5.78 Å². The van der Waals surface area contributed by atoms with Gasteiger partial charge in [0.2, 0.25) is 5.78 Å². The van der Waals surface area contributed by atoms with Crippen molar-refractivity contribution in [1.29, 1.82) is 0 Å². The molecule has 37 heavy (non-hydrogen) atoms. The van der Waals surface area contributed by atoms with Crippen molar-refractivity contribution in [2.75, 3.05) is 5.73 Å². The number of para-hydroxylation sites is 2. The summed E-state index contributed by atoms with van der Waals surface area (Å²) in [5.41, 5.74) is 13.9. The van der Waals surface area contributed by atoms with Crippen molar-refractivity contribution >= 4 is 17.3 Å². The molecule has 1 aliphatic carbocycles. The number of rotatable bonds is 5. The Labute approximate surface area is 216 Å². The van der Waals surface area contributed by atoms with Crippen molar-refractivity contribution in [2.24, 2.45) is 0 Å². The lowest BCUT2D eigenvalue weighted by Gasteiger charge is -2.19. The molecule has 0 unspecified atom stereocenters. The highest BCUT2D eigenvalue weighted by Gasteiger charge is 2.39. The number of carbonyl (C=O) groups is 2. The lowest BCUT2D eigenvalue weighted by Crippen LogP contribution is -2.23. The number of ketones is 2. The molecule has 0 radical (unpaired) electrons. The first-order valence-electron chi connectivity index (χ1n) is 12.6. The SMILES string of the molecule is CCCc1ccc(-c2c(-c3ccccc3)c3c(n2-c2ccccc2N)C(=O)c2ccccc2C3=O)cc1. The Bertz CT molecular complexity index is 1660. The van der Waals surface area contributed by atoms with Gasteiger partial charge in [0.1, 0.15) is 5.69 Å². The number of aryl methyl sites for hydroxylation is 1. The summed E-state index contributed by atoms with van der Waals surface area (Å²) in [6.45, 7) is 2.16. The topological polar surface area (TPSA) is 65.1 Å². The lowest BCUT2D eigenvalue weighted by atomic mass is 9.84. The fourth-order valence-corrected chi connectivity index (χ4v) is 5.36. The summed E-state index contributed by atoms with van der Waals surface area (Å²) in [5, 5.41) is 0. The van der Waals surface area contributed by atoms with Gasteiger partial charge in [0.25, 0.3) is 0 Å². The Hall–Kier alpha value is -4.70. The largest absolute Gasteiger partial charge is 0.397 e. The zero-order chi connectivity index (χ0) is 25.5. The fourth-order valence-electron chi connectivity index (χ4n) is 5.36. The Kier molecular flexibility index (Phi) is 5.57. The third kappa shape index (κ3) is 3.61. The van der Waals surface area contributed by atoms with Crippen LogP contribution in [0.1, 0.15) is 50.9 Å². The molecule has 0 amide bonds. The summed E-state index contributed by atoms with van der Waals surface area (Å²) in [6.07, 6.45) is 2.04. The monoisotopic (exact) mass is 482 g/mol. The molecule has 0 aliphatic heterocycles. The minimum absolute atomic E-state index is 0.152. The second-order valence-corrected chi connectivity index (χ2v) is 9.36. The van der Waals surface area contributed by atoms with Gasteiger partial charge in [0, 0.05) is 16.7 Å². The van der Waals surface area contributed by atoms with E-state index in [-0.39, 0.29) is 11.6 Å². The van der Waals surface area contributed by atoms with E-state index in [2.05, 4.69) is 31.2 Å². The number of benzene rings is 4. The first-order chi connectivity index (χ1) is 18.1. The lowest BCUT2D eigenvalue weighted by molar-refractivity contribution is 0.0975. The number of nitrogens with zero attached hydrogens (tertiary/aromatic N) is 1. The van der Waals surface area contributed by atoms with Gasteiger partial charge in [-0.3, -0.25) is 9.59 Å². The van der Waals surface area contributed by atoms with E-state index in [0.717, 1.165) is 35.2 Å². The summed E-state index contributed by atoms with van der Waals surface area (Å²) in [5.74, 6) is -0.333. The van der Waals surface area contributed by atoms with Gasteiger partial charge in [-0.15, -0.1) is 0 Å². The Morgan fingerprint density at radius 2 is 1.24 bits per heavy atom. The van der Waals surface area contributed by atoms with E-state index < -0.39 is 0 Å². The van der Waals surface area contributed by atoms with E-state index in [1.165, 1.54) is 5.56 Å². The van der Waals surface area contributed by atoms with Crippen molar-refractivity contribution in [1.82, 2.24) is 4.57 Å². The molecule has 0 spiro atoms. The van der Waals surface area contributed by atoms with Crippen LogP contribution in [0.25, 0.3) is 28.1 Å². The summed E-state index contributed by atoms with van der Waals surface area (Å²) < 4.78 is 1.90. The number of carbonyl (C=O) groups excluding carboxylic acids is 2. The Balaban J connectivity index is 1.77. The van der Waals surface area contributed by atoms with E-state index >= 15 is 0 Å². The number of nitrogens with two attached hydrogens (primary N) is 1. The number of anilines is 1. The van der Waals surface area contributed by atoms with Crippen molar-refractivity contribution in [3.8, 4) is 28.1 Å².